The van der Waals surface area contributed by atoms with Gasteiger partial charge in [0.05, 0.1) is 6.10 Å². The number of carbonyl (C=O) groups excluding carboxylic acids is 1. The van der Waals surface area contributed by atoms with Crippen LogP contribution < -0.4 is 5.32 Å². The van der Waals surface area contributed by atoms with Crippen molar-refractivity contribution in [3.63, 3.8) is 0 Å². The summed E-state index contributed by atoms with van der Waals surface area (Å²) in [5.41, 5.74) is 4.42. The Labute approximate surface area is 135 Å². The van der Waals surface area contributed by atoms with E-state index in [0.717, 1.165) is 27.6 Å². The molecule has 0 saturated heterocycles. The monoisotopic (exact) mass is 308 g/mol. The minimum atomic E-state index is -0.716. The fourth-order valence-corrected chi connectivity index (χ4v) is 2.79. The molecule has 0 radical (unpaired) electrons. The van der Waals surface area contributed by atoms with Crippen LogP contribution in [-0.2, 0) is 0 Å². The second-order valence-corrected chi connectivity index (χ2v) is 5.80. The molecule has 0 aliphatic heterocycles. The third-order valence-electron chi connectivity index (χ3n) is 4.11. The number of aliphatic hydroxyl groups is 1. The van der Waals surface area contributed by atoms with E-state index in [-0.39, 0.29) is 12.5 Å². The lowest BCUT2D eigenvalue weighted by Gasteiger charge is -2.14. The van der Waals surface area contributed by atoms with Gasteiger partial charge in [0.2, 0.25) is 0 Å². The van der Waals surface area contributed by atoms with Crippen LogP contribution in [0.1, 0.15) is 33.3 Å². The number of hydrogen-bond acceptors (Lipinski definition) is 2. The van der Waals surface area contributed by atoms with Crippen molar-refractivity contribution < 1.29 is 9.90 Å². The third-order valence-corrected chi connectivity index (χ3v) is 4.11. The Balaban J connectivity index is 1.71. The fourth-order valence-electron chi connectivity index (χ4n) is 2.79. The number of fused-ring (bicyclic) bond motifs is 1. The van der Waals surface area contributed by atoms with Crippen molar-refractivity contribution in [2.24, 2.45) is 0 Å². The van der Waals surface area contributed by atoms with Crippen LogP contribution in [-0.4, -0.2) is 22.5 Å². The largest absolute Gasteiger partial charge is 0.387 e. The number of aliphatic hydroxyl groups excluding tert-OH is 1. The van der Waals surface area contributed by atoms with E-state index in [1.165, 1.54) is 0 Å². The molecule has 0 spiro atoms. The molecule has 0 fully saturated rings. The van der Waals surface area contributed by atoms with E-state index in [4.69, 9.17) is 0 Å². The van der Waals surface area contributed by atoms with Gasteiger partial charge in [-0.3, -0.25) is 4.79 Å². The van der Waals surface area contributed by atoms with Gasteiger partial charge in [-0.25, -0.2) is 0 Å². The van der Waals surface area contributed by atoms with E-state index < -0.39 is 6.10 Å². The number of benzene rings is 2. The van der Waals surface area contributed by atoms with Crippen LogP contribution in [0.4, 0.5) is 0 Å². The lowest BCUT2D eigenvalue weighted by Crippen LogP contribution is -2.28. The molecule has 0 bridgehead atoms. The fraction of sp³-hybridized carbons (Fsp3) is 0.211. The molecule has 1 aromatic heterocycles. The first kappa shape index (κ1) is 15.3. The number of para-hydroxylation sites is 1. The van der Waals surface area contributed by atoms with Gasteiger partial charge in [-0.1, -0.05) is 42.5 Å². The predicted octanol–water partition coefficient (Wildman–Crippen LogP) is 3.25. The van der Waals surface area contributed by atoms with Gasteiger partial charge in [0.15, 0.2) is 0 Å². The van der Waals surface area contributed by atoms with Gasteiger partial charge in [0, 0.05) is 17.4 Å². The second-order valence-electron chi connectivity index (χ2n) is 5.80. The summed E-state index contributed by atoms with van der Waals surface area (Å²) in [6, 6.07) is 15.4. The van der Waals surface area contributed by atoms with E-state index in [9.17, 15) is 9.90 Å². The number of H-pyrrole nitrogens is 1. The van der Waals surface area contributed by atoms with Crippen molar-refractivity contribution >= 4 is 16.8 Å². The first-order valence-electron chi connectivity index (χ1n) is 7.66. The second kappa shape index (κ2) is 6.26. The highest BCUT2D eigenvalue weighted by atomic mass is 16.3. The minimum absolute atomic E-state index is 0.179. The molecule has 4 heteroatoms. The first-order valence-corrected chi connectivity index (χ1v) is 7.66. The molecular formula is C19H20N2O2. The Morgan fingerprint density at radius 2 is 1.87 bits per heavy atom. The van der Waals surface area contributed by atoms with E-state index in [1.807, 2.05) is 62.4 Å². The summed E-state index contributed by atoms with van der Waals surface area (Å²) in [6.07, 6.45) is -0.716. The average Bonchev–Trinajstić information content (AvgIpc) is 2.98. The summed E-state index contributed by atoms with van der Waals surface area (Å²) < 4.78 is 0. The summed E-state index contributed by atoms with van der Waals surface area (Å²) in [4.78, 5) is 15.4. The Morgan fingerprint density at radius 3 is 2.61 bits per heavy atom. The number of hydrogen-bond donors (Lipinski definition) is 3. The van der Waals surface area contributed by atoms with Crippen LogP contribution >= 0.6 is 0 Å². The average molecular weight is 308 g/mol. The number of aromatic nitrogens is 1. The molecule has 1 atom stereocenters. The van der Waals surface area contributed by atoms with Gasteiger partial charge in [-0.05, 0) is 36.6 Å². The summed E-state index contributed by atoms with van der Waals surface area (Å²) in [6.45, 7) is 4.13. The quantitative estimate of drug-likeness (QED) is 0.692. The maximum absolute atomic E-state index is 12.3. The molecule has 2 aromatic carbocycles. The highest BCUT2D eigenvalue weighted by Crippen LogP contribution is 2.19. The van der Waals surface area contributed by atoms with Crippen molar-refractivity contribution in [3.8, 4) is 0 Å². The van der Waals surface area contributed by atoms with Gasteiger partial charge in [-0.15, -0.1) is 0 Å². The number of nitrogens with one attached hydrogen (secondary N) is 2. The SMILES string of the molecule is Cc1ccccc1C(O)CNC(=O)c1cc2cccc(C)c2[nH]1. The van der Waals surface area contributed by atoms with Crippen molar-refractivity contribution in [1.82, 2.24) is 10.3 Å². The Kier molecular flexibility index (Phi) is 4.17. The molecule has 3 N–H and O–H groups in total. The predicted molar refractivity (Wildman–Crippen MR) is 91.5 cm³/mol. The van der Waals surface area contributed by atoms with Crippen molar-refractivity contribution in [1.29, 1.82) is 0 Å². The van der Waals surface area contributed by atoms with E-state index in [2.05, 4.69) is 10.3 Å². The van der Waals surface area contributed by atoms with Crippen molar-refractivity contribution in [2.75, 3.05) is 6.54 Å². The number of aryl methyl sites for hydroxylation is 2. The molecule has 1 amide bonds. The zero-order chi connectivity index (χ0) is 16.4. The van der Waals surface area contributed by atoms with E-state index in [1.54, 1.807) is 0 Å². The molecule has 1 unspecified atom stereocenters. The van der Waals surface area contributed by atoms with Crippen LogP contribution in [0.15, 0.2) is 48.5 Å². The lowest BCUT2D eigenvalue weighted by atomic mass is 10.0. The highest BCUT2D eigenvalue weighted by molar-refractivity contribution is 5.98. The number of aromatic amines is 1. The molecule has 0 aliphatic rings. The molecule has 3 aromatic rings. The number of carbonyl (C=O) groups is 1. The van der Waals surface area contributed by atoms with Crippen LogP contribution in [0.3, 0.4) is 0 Å². The standard InChI is InChI=1S/C19H20N2O2/c1-12-6-3-4-9-15(12)17(22)11-20-19(23)16-10-14-8-5-7-13(2)18(14)21-16/h3-10,17,21-22H,11H2,1-2H3,(H,20,23). The molecule has 0 aliphatic carbocycles. The van der Waals surface area contributed by atoms with Gasteiger partial charge in [0.25, 0.3) is 5.91 Å². The summed E-state index contributed by atoms with van der Waals surface area (Å²) >= 11 is 0. The molecule has 4 nitrogen and oxygen atoms in total. The molecule has 1 heterocycles. The molecule has 3 rings (SSSR count). The third kappa shape index (κ3) is 3.12. The molecular weight excluding hydrogens is 288 g/mol. The minimum Gasteiger partial charge on any atom is -0.387 e. The zero-order valence-corrected chi connectivity index (χ0v) is 13.3. The maximum Gasteiger partial charge on any atom is 0.267 e. The Hall–Kier alpha value is -2.59. The van der Waals surface area contributed by atoms with Crippen LogP contribution in [0, 0.1) is 13.8 Å². The van der Waals surface area contributed by atoms with Crippen molar-refractivity contribution in [2.45, 2.75) is 20.0 Å². The highest BCUT2D eigenvalue weighted by Gasteiger charge is 2.14. The smallest absolute Gasteiger partial charge is 0.267 e. The summed E-state index contributed by atoms with van der Waals surface area (Å²) in [7, 11) is 0. The van der Waals surface area contributed by atoms with Crippen LogP contribution in [0.25, 0.3) is 10.9 Å². The Morgan fingerprint density at radius 1 is 1.13 bits per heavy atom. The molecule has 23 heavy (non-hydrogen) atoms. The topological polar surface area (TPSA) is 65.1 Å². The van der Waals surface area contributed by atoms with Gasteiger partial charge >= 0.3 is 0 Å². The van der Waals surface area contributed by atoms with E-state index in [0.29, 0.717) is 5.69 Å². The number of amides is 1. The summed E-state index contributed by atoms with van der Waals surface area (Å²) in [5, 5.41) is 14.0. The summed E-state index contributed by atoms with van der Waals surface area (Å²) in [5.74, 6) is -0.215. The van der Waals surface area contributed by atoms with E-state index >= 15 is 0 Å². The van der Waals surface area contributed by atoms with Gasteiger partial charge in [0.1, 0.15) is 5.69 Å². The van der Waals surface area contributed by atoms with Crippen LogP contribution in [0.5, 0.6) is 0 Å². The molecule has 118 valence electrons. The van der Waals surface area contributed by atoms with Gasteiger partial charge in [-0.2, -0.15) is 0 Å². The Bertz CT molecular complexity index is 851. The first-order chi connectivity index (χ1) is 11.1. The van der Waals surface area contributed by atoms with Crippen LogP contribution in [0.2, 0.25) is 0 Å². The maximum atomic E-state index is 12.3. The van der Waals surface area contributed by atoms with Crippen molar-refractivity contribution in [3.05, 3.63) is 70.9 Å². The normalized spacial score (nSPS) is 12.3. The zero-order valence-electron chi connectivity index (χ0n) is 13.3. The van der Waals surface area contributed by atoms with Gasteiger partial charge < -0.3 is 15.4 Å². The molecule has 0 saturated carbocycles. The number of rotatable bonds is 4. The lowest BCUT2D eigenvalue weighted by molar-refractivity contribution is 0.0912.